The SMILES string of the molecule is O=C(Cc1ccc(N(Cc2ccccc2)C(=O)c2ccc(Cl)cc2)cc1)NCCN1CCCC1. The molecular weight excluding hydrogens is 446 g/mol. The van der Waals surface area contributed by atoms with E-state index in [1.54, 1.807) is 29.2 Å². The van der Waals surface area contributed by atoms with E-state index >= 15 is 0 Å². The van der Waals surface area contributed by atoms with Gasteiger partial charge in [0.05, 0.1) is 13.0 Å². The summed E-state index contributed by atoms with van der Waals surface area (Å²) in [6.07, 6.45) is 2.83. The Balaban J connectivity index is 1.42. The molecule has 0 bridgehead atoms. The lowest BCUT2D eigenvalue weighted by molar-refractivity contribution is -0.120. The lowest BCUT2D eigenvalue weighted by Gasteiger charge is -2.23. The molecule has 34 heavy (non-hydrogen) atoms. The second-order valence-electron chi connectivity index (χ2n) is 8.63. The number of anilines is 1. The van der Waals surface area contributed by atoms with E-state index in [1.807, 2.05) is 54.6 Å². The molecule has 6 heteroatoms. The van der Waals surface area contributed by atoms with Crippen molar-refractivity contribution in [3.05, 3.63) is 101 Å². The van der Waals surface area contributed by atoms with E-state index in [0.717, 1.165) is 36.4 Å². The van der Waals surface area contributed by atoms with Gasteiger partial charge in [-0.05, 0) is 73.5 Å². The van der Waals surface area contributed by atoms with Gasteiger partial charge < -0.3 is 15.1 Å². The van der Waals surface area contributed by atoms with Crippen LogP contribution >= 0.6 is 11.6 Å². The summed E-state index contributed by atoms with van der Waals surface area (Å²) in [7, 11) is 0. The van der Waals surface area contributed by atoms with Crippen LogP contribution in [0.2, 0.25) is 5.02 Å². The van der Waals surface area contributed by atoms with E-state index in [9.17, 15) is 9.59 Å². The number of nitrogens with zero attached hydrogens (tertiary/aromatic N) is 2. The van der Waals surface area contributed by atoms with E-state index in [-0.39, 0.29) is 11.8 Å². The molecule has 2 amide bonds. The second kappa shape index (κ2) is 11.8. The van der Waals surface area contributed by atoms with Gasteiger partial charge in [0.2, 0.25) is 5.91 Å². The van der Waals surface area contributed by atoms with Gasteiger partial charge in [-0.15, -0.1) is 0 Å². The van der Waals surface area contributed by atoms with Crippen LogP contribution in [0.25, 0.3) is 0 Å². The van der Waals surface area contributed by atoms with Gasteiger partial charge in [0.1, 0.15) is 0 Å². The Hall–Kier alpha value is -3.15. The summed E-state index contributed by atoms with van der Waals surface area (Å²) in [5.41, 5.74) is 3.30. The van der Waals surface area contributed by atoms with Crippen LogP contribution in [0.4, 0.5) is 5.69 Å². The van der Waals surface area contributed by atoms with Gasteiger partial charge in [-0.25, -0.2) is 0 Å². The van der Waals surface area contributed by atoms with Crippen LogP contribution in [-0.2, 0) is 17.8 Å². The summed E-state index contributed by atoms with van der Waals surface area (Å²) >= 11 is 6.01. The van der Waals surface area contributed by atoms with Crippen molar-refractivity contribution in [2.75, 3.05) is 31.1 Å². The first-order valence-corrected chi connectivity index (χ1v) is 12.2. The zero-order chi connectivity index (χ0) is 23.8. The molecule has 1 N–H and O–H groups in total. The molecule has 0 radical (unpaired) electrons. The molecule has 0 aromatic heterocycles. The molecule has 0 spiro atoms. The minimum atomic E-state index is -0.104. The summed E-state index contributed by atoms with van der Waals surface area (Å²) in [6.45, 7) is 4.29. The first-order chi connectivity index (χ1) is 16.6. The Morgan fingerprint density at radius 1 is 0.853 bits per heavy atom. The third-order valence-corrected chi connectivity index (χ3v) is 6.33. The normalized spacial score (nSPS) is 13.6. The Kier molecular flexibility index (Phi) is 8.34. The van der Waals surface area contributed by atoms with Gasteiger partial charge in [-0.2, -0.15) is 0 Å². The lowest BCUT2D eigenvalue weighted by atomic mass is 10.1. The van der Waals surface area contributed by atoms with Crippen LogP contribution in [0.3, 0.4) is 0 Å². The summed E-state index contributed by atoms with van der Waals surface area (Å²) in [6, 6.07) is 24.5. The standard InChI is InChI=1S/C28H30ClN3O2/c29-25-12-10-24(11-13-25)28(34)32(21-23-6-2-1-3-7-23)26-14-8-22(9-15-26)20-27(33)30-16-19-31-17-4-5-18-31/h1-3,6-15H,4-5,16-21H2,(H,30,33). The first kappa shape index (κ1) is 24.0. The Morgan fingerprint density at radius 2 is 1.53 bits per heavy atom. The lowest BCUT2D eigenvalue weighted by Crippen LogP contribution is -2.34. The maximum atomic E-state index is 13.4. The van der Waals surface area contributed by atoms with Crippen LogP contribution in [0, 0.1) is 0 Å². The van der Waals surface area contributed by atoms with Crippen molar-refractivity contribution in [2.24, 2.45) is 0 Å². The van der Waals surface area contributed by atoms with Crippen LogP contribution in [0.1, 0.15) is 34.3 Å². The van der Waals surface area contributed by atoms with Gasteiger partial charge in [-0.1, -0.05) is 54.1 Å². The molecule has 1 aliphatic rings. The van der Waals surface area contributed by atoms with Gasteiger partial charge in [0.25, 0.3) is 5.91 Å². The molecule has 1 fully saturated rings. The predicted molar refractivity (Wildman–Crippen MR) is 137 cm³/mol. The molecule has 3 aromatic rings. The van der Waals surface area contributed by atoms with Gasteiger partial charge in [0, 0.05) is 29.4 Å². The van der Waals surface area contributed by atoms with E-state index in [0.29, 0.717) is 30.1 Å². The highest BCUT2D eigenvalue weighted by Crippen LogP contribution is 2.22. The van der Waals surface area contributed by atoms with Crippen molar-refractivity contribution in [3.63, 3.8) is 0 Å². The summed E-state index contributed by atoms with van der Waals surface area (Å²) < 4.78 is 0. The Morgan fingerprint density at radius 3 is 2.21 bits per heavy atom. The van der Waals surface area contributed by atoms with Crippen molar-refractivity contribution >= 4 is 29.1 Å². The quantitative estimate of drug-likeness (QED) is 0.477. The molecule has 0 aliphatic carbocycles. The van der Waals surface area contributed by atoms with Crippen LogP contribution < -0.4 is 10.2 Å². The number of amides is 2. The molecule has 3 aromatic carbocycles. The molecule has 1 heterocycles. The molecule has 0 unspecified atom stereocenters. The maximum Gasteiger partial charge on any atom is 0.258 e. The Labute approximate surface area is 206 Å². The number of carbonyl (C=O) groups is 2. The van der Waals surface area contributed by atoms with Gasteiger partial charge >= 0.3 is 0 Å². The fourth-order valence-electron chi connectivity index (χ4n) is 4.20. The van der Waals surface area contributed by atoms with Crippen molar-refractivity contribution in [2.45, 2.75) is 25.8 Å². The fraction of sp³-hybridized carbons (Fsp3) is 0.286. The molecule has 4 rings (SSSR count). The van der Waals surface area contributed by atoms with Crippen molar-refractivity contribution in [1.29, 1.82) is 0 Å². The van der Waals surface area contributed by atoms with E-state index in [2.05, 4.69) is 10.2 Å². The van der Waals surface area contributed by atoms with Crippen molar-refractivity contribution in [1.82, 2.24) is 10.2 Å². The molecular formula is C28H30ClN3O2. The maximum absolute atomic E-state index is 13.4. The van der Waals surface area contributed by atoms with Crippen LogP contribution in [0.15, 0.2) is 78.9 Å². The highest BCUT2D eigenvalue weighted by Gasteiger charge is 2.19. The minimum Gasteiger partial charge on any atom is -0.355 e. The van der Waals surface area contributed by atoms with Gasteiger partial charge in [-0.3, -0.25) is 9.59 Å². The number of rotatable bonds is 9. The van der Waals surface area contributed by atoms with Crippen molar-refractivity contribution < 1.29 is 9.59 Å². The molecule has 1 aliphatic heterocycles. The number of nitrogens with one attached hydrogen (secondary N) is 1. The summed E-state index contributed by atoms with van der Waals surface area (Å²) in [5.74, 6) is -0.0849. The molecule has 0 saturated carbocycles. The summed E-state index contributed by atoms with van der Waals surface area (Å²) in [4.78, 5) is 29.9. The van der Waals surface area contributed by atoms with E-state index in [1.165, 1.54) is 12.8 Å². The number of benzene rings is 3. The zero-order valence-electron chi connectivity index (χ0n) is 19.3. The zero-order valence-corrected chi connectivity index (χ0v) is 20.0. The van der Waals surface area contributed by atoms with Crippen molar-refractivity contribution in [3.8, 4) is 0 Å². The highest BCUT2D eigenvalue weighted by molar-refractivity contribution is 6.30. The third-order valence-electron chi connectivity index (χ3n) is 6.08. The number of likely N-dealkylation sites (tertiary alicyclic amines) is 1. The first-order valence-electron chi connectivity index (χ1n) is 11.8. The number of hydrogen-bond donors (Lipinski definition) is 1. The average molecular weight is 476 g/mol. The average Bonchev–Trinajstić information content (AvgIpc) is 3.37. The number of halogens is 1. The fourth-order valence-corrected chi connectivity index (χ4v) is 4.32. The van der Waals surface area contributed by atoms with Gasteiger partial charge in [0.15, 0.2) is 0 Å². The number of hydrogen-bond acceptors (Lipinski definition) is 3. The largest absolute Gasteiger partial charge is 0.355 e. The highest BCUT2D eigenvalue weighted by atomic mass is 35.5. The second-order valence-corrected chi connectivity index (χ2v) is 9.06. The molecule has 176 valence electrons. The molecule has 0 atom stereocenters. The van der Waals surface area contributed by atoms with Crippen LogP contribution in [-0.4, -0.2) is 42.9 Å². The topological polar surface area (TPSA) is 52.7 Å². The monoisotopic (exact) mass is 475 g/mol. The number of carbonyl (C=O) groups excluding carboxylic acids is 2. The van der Waals surface area contributed by atoms with E-state index in [4.69, 9.17) is 11.6 Å². The Bertz CT molecular complexity index is 1080. The molecule has 1 saturated heterocycles. The van der Waals surface area contributed by atoms with Crippen LogP contribution in [0.5, 0.6) is 0 Å². The van der Waals surface area contributed by atoms with E-state index < -0.39 is 0 Å². The molecule has 5 nitrogen and oxygen atoms in total. The third kappa shape index (κ3) is 6.69. The summed E-state index contributed by atoms with van der Waals surface area (Å²) in [5, 5.41) is 3.61. The predicted octanol–water partition coefficient (Wildman–Crippen LogP) is 4.94. The smallest absolute Gasteiger partial charge is 0.258 e. The minimum absolute atomic E-state index is 0.0188.